The minimum atomic E-state index is -0.848. The van der Waals surface area contributed by atoms with E-state index in [-0.39, 0.29) is 11.5 Å². The van der Waals surface area contributed by atoms with E-state index in [0.717, 1.165) is 42.6 Å². The Balaban J connectivity index is 1.82. The SMILES string of the molecule is CCC1OC(C23CCCCC2=Nc2ccccc23)C(O)C1O. The van der Waals surface area contributed by atoms with Crippen molar-refractivity contribution in [1.29, 1.82) is 0 Å². The van der Waals surface area contributed by atoms with E-state index in [2.05, 4.69) is 6.07 Å². The smallest absolute Gasteiger partial charge is 0.110 e. The molecule has 2 N–H and O–H groups in total. The summed E-state index contributed by atoms with van der Waals surface area (Å²) in [6.45, 7) is 1.99. The predicted octanol–water partition coefficient (Wildman–Crippen LogP) is 2.48. The van der Waals surface area contributed by atoms with Crippen LogP contribution in [0.15, 0.2) is 29.3 Å². The molecule has 0 spiro atoms. The molecule has 118 valence electrons. The Labute approximate surface area is 130 Å². The van der Waals surface area contributed by atoms with E-state index in [1.54, 1.807) is 0 Å². The standard InChI is InChI=1S/C18H23NO3/c1-2-13-15(20)16(21)17(22-13)18-10-6-5-9-14(18)19-12-8-4-3-7-11(12)18/h3-4,7-8,13,15-17,20-21H,2,5-6,9-10H2,1H3. The van der Waals surface area contributed by atoms with Crippen LogP contribution >= 0.6 is 0 Å². The largest absolute Gasteiger partial charge is 0.388 e. The van der Waals surface area contributed by atoms with Crippen molar-refractivity contribution in [3.63, 3.8) is 0 Å². The molecule has 2 aliphatic heterocycles. The van der Waals surface area contributed by atoms with Gasteiger partial charge in [0.05, 0.1) is 17.2 Å². The van der Waals surface area contributed by atoms with Crippen molar-refractivity contribution < 1.29 is 14.9 Å². The minimum Gasteiger partial charge on any atom is -0.388 e. The summed E-state index contributed by atoms with van der Waals surface area (Å²) in [5, 5.41) is 21.0. The Kier molecular flexibility index (Phi) is 3.36. The molecular formula is C18H23NO3. The van der Waals surface area contributed by atoms with Gasteiger partial charge in [-0.2, -0.15) is 0 Å². The number of benzene rings is 1. The molecule has 4 heteroatoms. The number of rotatable bonds is 2. The molecule has 1 aromatic rings. The van der Waals surface area contributed by atoms with E-state index in [1.807, 2.05) is 25.1 Å². The zero-order chi connectivity index (χ0) is 15.3. The lowest BCUT2D eigenvalue weighted by molar-refractivity contribution is -0.0261. The maximum atomic E-state index is 10.6. The molecule has 2 fully saturated rings. The fourth-order valence-corrected chi connectivity index (χ4v) is 4.56. The van der Waals surface area contributed by atoms with E-state index >= 15 is 0 Å². The number of fused-ring (bicyclic) bond motifs is 3. The van der Waals surface area contributed by atoms with Gasteiger partial charge in [0.15, 0.2) is 0 Å². The first-order valence-corrected chi connectivity index (χ1v) is 8.37. The van der Waals surface area contributed by atoms with Gasteiger partial charge >= 0.3 is 0 Å². The zero-order valence-corrected chi connectivity index (χ0v) is 12.9. The Morgan fingerprint density at radius 3 is 2.82 bits per heavy atom. The van der Waals surface area contributed by atoms with Crippen LogP contribution in [-0.2, 0) is 10.2 Å². The van der Waals surface area contributed by atoms with Crippen LogP contribution in [0.2, 0.25) is 0 Å². The zero-order valence-electron chi connectivity index (χ0n) is 12.9. The topological polar surface area (TPSA) is 62.0 Å². The van der Waals surface area contributed by atoms with Crippen LogP contribution in [0.3, 0.4) is 0 Å². The summed E-state index contributed by atoms with van der Waals surface area (Å²) in [4.78, 5) is 4.84. The average molecular weight is 301 g/mol. The quantitative estimate of drug-likeness (QED) is 0.882. The molecule has 4 rings (SSSR count). The summed E-state index contributed by atoms with van der Waals surface area (Å²) >= 11 is 0. The third kappa shape index (κ3) is 1.78. The summed E-state index contributed by atoms with van der Waals surface area (Å²) in [7, 11) is 0. The van der Waals surface area contributed by atoms with Crippen molar-refractivity contribution in [2.45, 2.75) is 68.9 Å². The van der Waals surface area contributed by atoms with E-state index in [0.29, 0.717) is 6.42 Å². The van der Waals surface area contributed by atoms with Crippen molar-refractivity contribution in [2.75, 3.05) is 0 Å². The number of nitrogens with zero attached hydrogens (tertiary/aromatic N) is 1. The van der Waals surface area contributed by atoms with Crippen molar-refractivity contribution in [3.05, 3.63) is 29.8 Å². The maximum absolute atomic E-state index is 10.6. The lowest BCUT2D eigenvalue weighted by Gasteiger charge is -2.41. The molecule has 0 aromatic heterocycles. The highest BCUT2D eigenvalue weighted by molar-refractivity contribution is 6.03. The van der Waals surface area contributed by atoms with E-state index in [9.17, 15) is 10.2 Å². The van der Waals surface area contributed by atoms with Crippen LogP contribution < -0.4 is 0 Å². The van der Waals surface area contributed by atoms with Crippen molar-refractivity contribution >= 4 is 11.4 Å². The number of aliphatic hydroxyl groups excluding tert-OH is 2. The molecule has 0 amide bonds. The van der Waals surface area contributed by atoms with Gasteiger partial charge in [-0.1, -0.05) is 31.5 Å². The molecule has 1 aromatic carbocycles. The number of aliphatic hydroxyl groups is 2. The normalized spacial score (nSPS) is 40.2. The van der Waals surface area contributed by atoms with Crippen molar-refractivity contribution in [1.82, 2.24) is 0 Å². The van der Waals surface area contributed by atoms with Gasteiger partial charge in [0.1, 0.15) is 18.3 Å². The molecule has 1 aliphatic carbocycles. The lowest BCUT2D eigenvalue weighted by atomic mass is 9.64. The first kappa shape index (κ1) is 14.4. The molecule has 2 heterocycles. The fraction of sp³-hybridized carbons (Fsp3) is 0.611. The molecule has 1 saturated heterocycles. The van der Waals surface area contributed by atoms with Crippen molar-refractivity contribution in [2.24, 2.45) is 4.99 Å². The monoisotopic (exact) mass is 301 g/mol. The molecule has 0 bridgehead atoms. The second-order valence-corrected chi connectivity index (χ2v) is 6.74. The highest BCUT2D eigenvalue weighted by Crippen LogP contribution is 2.52. The number of para-hydroxylation sites is 1. The Morgan fingerprint density at radius 1 is 1.23 bits per heavy atom. The second-order valence-electron chi connectivity index (χ2n) is 6.74. The Bertz CT molecular complexity index is 614. The van der Waals surface area contributed by atoms with E-state index < -0.39 is 18.3 Å². The molecule has 22 heavy (non-hydrogen) atoms. The number of hydrogen-bond donors (Lipinski definition) is 2. The summed E-state index contributed by atoms with van der Waals surface area (Å²) in [5.41, 5.74) is 2.95. The highest BCUT2D eigenvalue weighted by atomic mass is 16.5. The van der Waals surface area contributed by atoms with Gasteiger partial charge in [-0.05, 0) is 37.3 Å². The fourth-order valence-electron chi connectivity index (χ4n) is 4.56. The number of hydrogen-bond acceptors (Lipinski definition) is 4. The third-order valence-electron chi connectivity index (χ3n) is 5.64. The molecule has 5 unspecified atom stereocenters. The van der Waals surface area contributed by atoms with Gasteiger partial charge in [-0.25, -0.2) is 0 Å². The Morgan fingerprint density at radius 2 is 2.05 bits per heavy atom. The summed E-state index contributed by atoms with van der Waals surface area (Å²) < 4.78 is 6.16. The average Bonchev–Trinajstić information content (AvgIpc) is 3.04. The van der Waals surface area contributed by atoms with Crippen LogP contribution in [-0.4, -0.2) is 40.3 Å². The maximum Gasteiger partial charge on any atom is 0.110 e. The summed E-state index contributed by atoms with van der Waals surface area (Å²) in [6, 6.07) is 8.18. The van der Waals surface area contributed by atoms with Gasteiger partial charge in [0.2, 0.25) is 0 Å². The number of ether oxygens (including phenoxy) is 1. The lowest BCUT2D eigenvalue weighted by Crippen LogP contribution is -2.52. The van der Waals surface area contributed by atoms with Crippen LogP contribution in [0.1, 0.15) is 44.6 Å². The van der Waals surface area contributed by atoms with Crippen LogP contribution in [0.25, 0.3) is 0 Å². The van der Waals surface area contributed by atoms with Gasteiger partial charge in [-0.15, -0.1) is 0 Å². The van der Waals surface area contributed by atoms with Gasteiger partial charge in [0, 0.05) is 5.71 Å². The summed E-state index contributed by atoms with van der Waals surface area (Å²) in [5.74, 6) is 0. The third-order valence-corrected chi connectivity index (χ3v) is 5.64. The highest BCUT2D eigenvalue weighted by Gasteiger charge is 2.58. The first-order valence-electron chi connectivity index (χ1n) is 8.37. The molecule has 1 saturated carbocycles. The predicted molar refractivity (Wildman–Crippen MR) is 84.6 cm³/mol. The number of aliphatic imine (C=N–C) groups is 1. The van der Waals surface area contributed by atoms with Gasteiger partial charge in [-0.3, -0.25) is 4.99 Å². The van der Waals surface area contributed by atoms with Crippen molar-refractivity contribution in [3.8, 4) is 0 Å². The molecule has 3 aliphatic rings. The molecule has 4 nitrogen and oxygen atoms in total. The first-order chi connectivity index (χ1) is 10.7. The van der Waals surface area contributed by atoms with Crippen LogP contribution in [0, 0.1) is 0 Å². The van der Waals surface area contributed by atoms with E-state index in [4.69, 9.17) is 9.73 Å². The second kappa shape index (κ2) is 5.15. The molecule has 5 atom stereocenters. The van der Waals surface area contributed by atoms with Gasteiger partial charge < -0.3 is 14.9 Å². The summed E-state index contributed by atoms with van der Waals surface area (Å²) in [6.07, 6.45) is 2.50. The van der Waals surface area contributed by atoms with Crippen LogP contribution in [0.4, 0.5) is 5.69 Å². The Hall–Kier alpha value is -1.23. The minimum absolute atomic E-state index is 0.287. The molecular weight excluding hydrogens is 278 g/mol. The van der Waals surface area contributed by atoms with Gasteiger partial charge in [0.25, 0.3) is 0 Å². The van der Waals surface area contributed by atoms with E-state index in [1.165, 1.54) is 0 Å². The van der Waals surface area contributed by atoms with Crippen LogP contribution in [0.5, 0.6) is 0 Å². The molecule has 0 radical (unpaired) electrons.